The highest BCUT2D eigenvalue weighted by molar-refractivity contribution is 6.33. The predicted molar refractivity (Wildman–Crippen MR) is 180 cm³/mol. The summed E-state index contributed by atoms with van der Waals surface area (Å²) in [5, 5.41) is 9.95. The van der Waals surface area contributed by atoms with Crippen LogP contribution < -0.4 is 0 Å². The predicted octanol–water partition coefficient (Wildman–Crippen LogP) is 8.58. The number of aldehydes is 1. The third-order valence-corrected chi connectivity index (χ3v) is 7.68. The molecular formula is C35H59ClN2O3. The first kappa shape index (κ1) is 39.1. The molecule has 0 bridgehead atoms. The number of nitrogens with zero attached hydrogens (tertiary/aromatic N) is 2. The van der Waals surface area contributed by atoms with Crippen LogP contribution in [0, 0.1) is 6.92 Å². The lowest BCUT2D eigenvalue weighted by molar-refractivity contribution is -0.104. The van der Waals surface area contributed by atoms with Crippen molar-refractivity contribution in [1.29, 1.82) is 0 Å². The molecule has 1 aliphatic heterocycles. The maximum atomic E-state index is 11.4. The lowest BCUT2D eigenvalue weighted by Crippen LogP contribution is -2.24. The Hall–Kier alpha value is -1.92. The molecule has 1 aliphatic rings. The first-order chi connectivity index (χ1) is 19.2. The van der Waals surface area contributed by atoms with Gasteiger partial charge in [-0.3, -0.25) is 4.79 Å². The average Bonchev–Trinajstić information content (AvgIpc) is 2.93. The number of benzene rings is 1. The van der Waals surface area contributed by atoms with Crippen molar-refractivity contribution in [2.24, 2.45) is 0 Å². The zero-order valence-electron chi connectivity index (χ0n) is 28.2. The van der Waals surface area contributed by atoms with E-state index in [4.69, 9.17) is 16.3 Å². The molecule has 0 fully saturated rings. The van der Waals surface area contributed by atoms with Crippen LogP contribution in [0.25, 0.3) is 11.1 Å². The molecule has 41 heavy (non-hydrogen) atoms. The number of aliphatic hydroxyl groups is 1. The molecule has 0 radical (unpaired) electrons. The van der Waals surface area contributed by atoms with Gasteiger partial charge in [0.1, 0.15) is 6.29 Å². The Bertz CT molecular complexity index is 1030. The Morgan fingerprint density at radius 1 is 1.12 bits per heavy atom. The summed E-state index contributed by atoms with van der Waals surface area (Å²) >= 11 is 6.63. The fourth-order valence-corrected chi connectivity index (χ4v) is 4.91. The first-order valence-corrected chi connectivity index (χ1v) is 15.5. The quantitative estimate of drug-likeness (QED) is 0.207. The Labute approximate surface area is 257 Å². The SMILES string of the molecule is CC1=CCN(C)C(C)=C1c1c(Cl)ccc(/C(CCCO)=C(\C)C=O)c1C.CCCN(CC)CCC.COC(C)(C)C. The van der Waals surface area contributed by atoms with Gasteiger partial charge in [0, 0.05) is 49.2 Å². The molecule has 0 saturated carbocycles. The van der Waals surface area contributed by atoms with Crippen LogP contribution in [-0.2, 0) is 9.53 Å². The van der Waals surface area contributed by atoms with Crippen LogP contribution in [0.1, 0.15) is 105 Å². The second-order valence-corrected chi connectivity index (χ2v) is 12.1. The number of carbonyl (C=O) groups excluding carboxylic acids is 1. The van der Waals surface area contributed by atoms with Gasteiger partial charge < -0.3 is 19.6 Å². The maximum absolute atomic E-state index is 11.4. The number of hydrogen-bond donors (Lipinski definition) is 1. The molecule has 0 atom stereocenters. The normalized spacial score (nSPS) is 14.1. The third kappa shape index (κ3) is 13.3. The fourth-order valence-electron chi connectivity index (χ4n) is 4.61. The van der Waals surface area contributed by atoms with E-state index in [1.165, 1.54) is 43.7 Å². The molecule has 0 unspecified atom stereocenters. The molecule has 1 aromatic rings. The zero-order chi connectivity index (χ0) is 31.8. The van der Waals surface area contributed by atoms with Gasteiger partial charge in [0.05, 0.1) is 5.60 Å². The van der Waals surface area contributed by atoms with Crippen molar-refractivity contribution in [2.45, 2.75) is 101 Å². The molecule has 0 saturated heterocycles. The van der Waals surface area contributed by atoms with E-state index in [1.54, 1.807) is 7.11 Å². The smallest absolute Gasteiger partial charge is 0.146 e. The van der Waals surface area contributed by atoms with Gasteiger partial charge in [-0.1, -0.05) is 44.5 Å². The van der Waals surface area contributed by atoms with Gasteiger partial charge in [0.15, 0.2) is 0 Å². The monoisotopic (exact) mass is 590 g/mol. The third-order valence-electron chi connectivity index (χ3n) is 7.37. The van der Waals surface area contributed by atoms with E-state index >= 15 is 0 Å². The van der Waals surface area contributed by atoms with E-state index < -0.39 is 0 Å². The summed E-state index contributed by atoms with van der Waals surface area (Å²) in [7, 11) is 3.79. The standard InChI is InChI=1S/C22H28ClNO2.C8H19N.C5H12O/c1-14-10-11-24(5)17(4)21(14)22-16(3)19(8-9-20(22)23)18(7-6-12-25)15(2)13-26;1-4-7-9(6-3)8-5-2;1-5(2,3)6-4/h8-10,13,25H,6-7,11-12H2,1-5H3;4-8H2,1-3H3;1-4H3/b18-15+;;. The van der Waals surface area contributed by atoms with Gasteiger partial charge in [-0.05, 0) is 128 Å². The van der Waals surface area contributed by atoms with Crippen molar-refractivity contribution in [3.05, 3.63) is 56.8 Å². The van der Waals surface area contributed by atoms with Crippen molar-refractivity contribution in [1.82, 2.24) is 9.80 Å². The largest absolute Gasteiger partial charge is 0.396 e. The number of likely N-dealkylation sites (N-methyl/N-ethyl adjacent to an activating group) is 1. The van der Waals surface area contributed by atoms with Crippen molar-refractivity contribution >= 4 is 29.0 Å². The maximum Gasteiger partial charge on any atom is 0.146 e. The highest BCUT2D eigenvalue weighted by atomic mass is 35.5. The van der Waals surface area contributed by atoms with E-state index in [0.29, 0.717) is 23.4 Å². The Morgan fingerprint density at radius 3 is 2.12 bits per heavy atom. The summed E-state index contributed by atoms with van der Waals surface area (Å²) in [6.45, 7) is 25.6. The highest BCUT2D eigenvalue weighted by Gasteiger charge is 2.22. The summed E-state index contributed by atoms with van der Waals surface area (Å²) < 4.78 is 4.94. The molecule has 0 aliphatic carbocycles. The van der Waals surface area contributed by atoms with Crippen molar-refractivity contribution in [3.63, 3.8) is 0 Å². The number of carbonyl (C=O) groups is 1. The molecule has 234 valence electrons. The number of rotatable bonds is 11. The number of methoxy groups -OCH3 is 1. The zero-order valence-corrected chi connectivity index (χ0v) is 29.0. The Balaban J connectivity index is 0.000000877. The molecule has 0 aromatic heterocycles. The minimum atomic E-state index is 0.0417. The molecule has 1 aromatic carbocycles. The van der Waals surface area contributed by atoms with Crippen LogP contribution in [0.5, 0.6) is 0 Å². The summed E-state index contributed by atoms with van der Waals surface area (Å²) in [5.74, 6) is 0. The minimum Gasteiger partial charge on any atom is -0.396 e. The number of allylic oxidation sites excluding steroid dienone is 5. The minimum absolute atomic E-state index is 0.0417. The first-order valence-electron chi connectivity index (χ1n) is 15.2. The summed E-state index contributed by atoms with van der Waals surface area (Å²) in [5.41, 5.74) is 8.43. The lowest BCUT2D eigenvalue weighted by Gasteiger charge is -2.29. The van der Waals surface area contributed by atoms with Gasteiger partial charge in [0.2, 0.25) is 0 Å². The van der Waals surface area contributed by atoms with Crippen molar-refractivity contribution in [3.8, 4) is 0 Å². The summed E-state index contributed by atoms with van der Waals surface area (Å²) in [6.07, 6.45) is 6.97. The highest BCUT2D eigenvalue weighted by Crippen LogP contribution is 2.40. The lowest BCUT2D eigenvalue weighted by atomic mass is 9.85. The van der Waals surface area contributed by atoms with Crippen LogP contribution in [0.3, 0.4) is 0 Å². The molecule has 1 N–H and O–H groups in total. The molecule has 5 nitrogen and oxygen atoms in total. The number of aliphatic hydroxyl groups excluding tert-OH is 1. The number of hydrogen-bond acceptors (Lipinski definition) is 5. The van der Waals surface area contributed by atoms with Crippen LogP contribution in [0.4, 0.5) is 0 Å². The van der Waals surface area contributed by atoms with Gasteiger partial charge in [-0.25, -0.2) is 0 Å². The van der Waals surface area contributed by atoms with E-state index in [9.17, 15) is 9.90 Å². The molecule has 2 rings (SSSR count). The molecular weight excluding hydrogens is 532 g/mol. The van der Waals surface area contributed by atoms with Crippen LogP contribution >= 0.6 is 11.6 Å². The van der Waals surface area contributed by atoms with Gasteiger partial charge in [-0.2, -0.15) is 0 Å². The topological polar surface area (TPSA) is 53.0 Å². The van der Waals surface area contributed by atoms with E-state index in [0.717, 1.165) is 40.7 Å². The average molecular weight is 591 g/mol. The second-order valence-electron chi connectivity index (χ2n) is 11.7. The molecule has 1 heterocycles. The van der Waals surface area contributed by atoms with Gasteiger partial charge >= 0.3 is 0 Å². The molecule has 0 amide bonds. The number of halogens is 1. The summed E-state index contributed by atoms with van der Waals surface area (Å²) in [6, 6.07) is 3.90. The van der Waals surface area contributed by atoms with Gasteiger partial charge in [0.25, 0.3) is 0 Å². The Morgan fingerprint density at radius 2 is 1.68 bits per heavy atom. The van der Waals surface area contributed by atoms with Crippen molar-refractivity contribution in [2.75, 3.05) is 46.9 Å². The second kappa shape index (κ2) is 20.1. The molecule has 0 spiro atoms. The molecule has 6 heteroatoms. The van der Waals surface area contributed by atoms with Crippen LogP contribution in [0.15, 0.2) is 35.1 Å². The van der Waals surface area contributed by atoms with Crippen LogP contribution in [-0.4, -0.2) is 73.7 Å². The van der Waals surface area contributed by atoms with Crippen molar-refractivity contribution < 1.29 is 14.6 Å². The van der Waals surface area contributed by atoms with Crippen LogP contribution in [0.2, 0.25) is 5.02 Å². The van der Waals surface area contributed by atoms with E-state index in [-0.39, 0.29) is 12.2 Å². The van der Waals surface area contributed by atoms with Gasteiger partial charge in [-0.15, -0.1) is 0 Å². The number of ether oxygens (including phenoxy) is 1. The van der Waals surface area contributed by atoms with E-state index in [1.807, 2.05) is 39.8 Å². The van der Waals surface area contributed by atoms with E-state index in [2.05, 4.69) is 64.5 Å². The summed E-state index contributed by atoms with van der Waals surface area (Å²) in [4.78, 5) is 16.1. The Kier molecular flexibility index (Phi) is 19.1. The fraction of sp³-hybridized carbons (Fsp3) is 0.629.